The highest BCUT2D eigenvalue weighted by atomic mass is 16.6. The van der Waals surface area contributed by atoms with Crippen molar-refractivity contribution in [3.63, 3.8) is 0 Å². The van der Waals surface area contributed by atoms with Gasteiger partial charge in [0.15, 0.2) is 0 Å². The Kier molecular flexibility index (Phi) is 6.48. The maximum absolute atomic E-state index is 12.7. The number of aromatic nitrogens is 1. The monoisotopic (exact) mass is 443 g/mol. The van der Waals surface area contributed by atoms with Gasteiger partial charge < -0.3 is 19.5 Å². The van der Waals surface area contributed by atoms with Crippen LogP contribution in [0.5, 0.6) is 0 Å². The minimum atomic E-state index is -0.520. The Hall–Kier alpha value is -4.42. The number of hydrogen-bond acceptors (Lipinski definition) is 6. The van der Waals surface area contributed by atoms with E-state index in [-0.39, 0.29) is 11.3 Å². The Morgan fingerprint density at radius 2 is 1.73 bits per heavy atom. The zero-order chi connectivity index (χ0) is 23.2. The van der Waals surface area contributed by atoms with E-state index >= 15 is 0 Å². The highest BCUT2D eigenvalue weighted by Gasteiger charge is 2.14. The van der Waals surface area contributed by atoms with Crippen LogP contribution in [-0.4, -0.2) is 41.7 Å². The number of nitro groups is 1. The van der Waals surface area contributed by atoms with Gasteiger partial charge in [0.05, 0.1) is 18.1 Å². The van der Waals surface area contributed by atoms with Crippen molar-refractivity contribution < 1.29 is 14.5 Å². The van der Waals surface area contributed by atoms with Crippen LogP contribution in [0.25, 0.3) is 11.8 Å². The van der Waals surface area contributed by atoms with Crippen LogP contribution in [0, 0.1) is 21.4 Å². The predicted octanol–water partition coefficient (Wildman–Crippen LogP) is 3.77. The number of rotatable bonds is 6. The lowest BCUT2D eigenvalue weighted by Gasteiger charge is -2.28. The van der Waals surface area contributed by atoms with E-state index in [1.54, 1.807) is 47.2 Å². The molecule has 1 fully saturated rings. The minimum absolute atomic E-state index is 0.0141. The van der Waals surface area contributed by atoms with Gasteiger partial charge in [-0.05, 0) is 54.6 Å². The summed E-state index contributed by atoms with van der Waals surface area (Å²) in [5.74, 6) is -0.520. The highest BCUT2D eigenvalue weighted by Crippen LogP contribution is 2.21. The summed E-state index contributed by atoms with van der Waals surface area (Å²) in [6.45, 7) is 3.02. The van der Waals surface area contributed by atoms with Crippen LogP contribution in [0.15, 0.2) is 72.4 Å². The molecule has 9 nitrogen and oxygen atoms in total. The summed E-state index contributed by atoms with van der Waals surface area (Å²) in [7, 11) is 0. The van der Waals surface area contributed by atoms with E-state index in [0.717, 1.165) is 18.8 Å². The number of nitriles is 1. The number of non-ortho nitro benzene ring substituents is 1. The number of nitrogens with zero attached hydrogens (tertiary/aromatic N) is 4. The summed E-state index contributed by atoms with van der Waals surface area (Å²) >= 11 is 0. The third-order valence-corrected chi connectivity index (χ3v) is 5.28. The molecular weight excluding hydrogens is 422 g/mol. The van der Waals surface area contributed by atoms with Crippen molar-refractivity contribution >= 4 is 29.0 Å². The summed E-state index contributed by atoms with van der Waals surface area (Å²) in [5.41, 5.74) is 2.83. The number of nitrogens with one attached hydrogen (secondary N) is 1. The molecule has 0 saturated carbocycles. The van der Waals surface area contributed by atoms with Gasteiger partial charge in [-0.3, -0.25) is 14.9 Å². The topological polar surface area (TPSA) is 113 Å². The minimum Gasteiger partial charge on any atom is -0.378 e. The summed E-state index contributed by atoms with van der Waals surface area (Å²) in [6, 6.07) is 19.0. The Balaban J connectivity index is 1.49. The standard InChI is InChI=1S/C24H21N5O4/c25-17-18(16-23-2-1-11-28(23)21-7-9-22(10-8-21)29(31)32)24(30)26-19-3-5-20(6-4-19)27-12-14-33-15-13-27/h1-11,16H,12-15H2,(H,26,30)/b18-16+. The first-order valence-corrected chi connectivity index (χ1v) is 10.3. The molecule has 1 amide bonds. The number of hydrogen-bond donors (Lipinski definition) is 1. The molecule has 166 valence electrons. The summed E-state index contributed by atoms with van der Waals surface area (Å²) in [4.78, 5) is 25.3. The van der Waals surface area contributed by atoms with Gasteiger partial charge >= 0.3 is 0 Å². The molecule has 1 saturated heterocycles. The number of carbonyl (C=O) groups is 1. The van der Waals surface area contributed by atoms with E-state index in [0.29, 0.717) is 30.3 Å². The third-order valence-electron chi connectivity index (χ3n) is 5.28. The fourth-order valence-corrected chi connectivity index (χ4v) is 3.55. The van der Waals surface area contributed by atoms with Crippen LogP contribution >= 0.6 is 0 Å². The second kappa shape index (κ2) is 9.80. The zero-order valence-corrected chi connectivity index (χ0v) is 17.7. The molecule has 1 aromatic heterocycles. The molecule has 2 aromatic carbocycles. The summed E-state index contributed by atoms with van der Waals surface area (Å²) < 4.78 is 7.11. The Labute approximate surface area is 190 Å². The molecule has 4 rings (SSSR count). The fraction of sp³-hybridized carbons (Fsp3) is 0.167. The molecule has 3 aromatic rings. The summed E-state index contributed by atoms with van der Waals surface area (Å²) in [5, 5.41) is 23.2. The average Bonchev–Trinajstić information content (AvgIpc) is 3.31. The van der Waals surface area contributed by atoms with E-state index in [1.807, 2.05) is 18.2 Å². The van der Waals surface area contributed by atoms with Gasteiger partial charge in [0.1, 0.15) is 11.6 Å². The van der Waals surface area contributed by atoms with Gasteiger partial charge in [0.25, 0.3) is 11.6 Å². The molecule has 0 unspecified atom stereocenters. The molecule has 1 aliphatic heterocycles. The van der Waals surface area contributed by atoms with Gasteiger partial charge in [-0.25, -0.2) is 0 Å². The van der Waals surface area contributed by atoms with Crippen molar-refractivity contribution in [2.75, 3.05) is 36.5 Å². The van der Waals surface area contributed by atoms with Gasteiger partial charge in [-0.2, -0.15) is 5.26 Å². The number of nitro benzene ring substituents is 1. The molecule has 1 N–H and O–H groups in total. The Morgan fingerprint density at radius 1 is 1.06 bits per heavy atom. The van der Waals surface area contributed by atoms with Crippen LogP contribution in [0.2, 0.25) is 0 Å². The van der Waals surface area contributed by atoms with Crippen molar-refractivity contribution in [2.45, 2.75) is 0 Å². The van der Waals surface area contributed by atoms with Crippen molar-refractivity contribution in [3.8, 4) is 11.8 Å². The molecule has 0 bridgehead atoms. The molecule has 1 aliphatic rings. The number of benzene rings is 2. The van der Waals surface area contributed by atoms with Gasteiger partial charge in [-0.15, -0.1) is 0 Å². The molecule has 0 radical (unpaired) electrons. The normalized spacial score (nSPS) is 13.9. The molecule has 0 atom stereocenters. The largest absolute Gasteiger partial charge is 0.378 e. The van der Waals surface area contributed by atoms with Crippen molar-refractivity contribution in [1.82, 2.24) is 4.57 Å². The molecule has 2 heterocycles. The average molecular weight is 443 g/mol. The molecule has 9 heteroatoms. The number of amides is 1. The zero-order valence-electron chi connectivity index (χ0n) is 17.7. The van der Waals surface area contributed by atoms with Crippen LogP contribution in [0.4, 0.5) is 17.1 Å². The number of anilines is 2. The number of carbonyl (C=O) groups excluding carboxylic acids is 1. The first-order chi connectivity index (χ1) is 16.0. The van der Waals surface area contributed by atoms with E-state index in [2.05, 4.69) is 10.2 Å². The van der Waals surface area contributed by atoms with Crippen LogP contribution in [-0.2, 0) is 9.53 Å². The van der Waals surface area contributed by atoms with E-state index in [1.165, 1.54) is 18.2 Å². The second-order valence-corrected chi connectivity index (χ2v) is 7.35. The fourth-order valence-electron chi connectivity index (χ4n) is 3.55. The number of ether oxygens (including phenoxy) is 1. The van der Waals surface area contributed by atoms with Crippen LogP contribution in [0.1, 0.15) is 5.69 Å². The van der Waals surface area contributed by atoms with E-state index in [9.17, 15) is 20.2 Å². The predicted molar refractivity (Wildman–Crippen MR) is 124 cm³/mol. The Bertz CT molecular complexity index is 1220. The third kappa shape index (κ3) is 5.08. The lowest BCUT2D eigenvalue weighted by Crippen LogP contribution is -2.36. The molecule has 0 spiro atoms. The molecule has 0 aliphatic carbocycles. The smallest absolute Gasteiger partial charge is 0.269 e. The van der Waals surface area contributed by atoms with Crippen molar-refractivity contribution in [1.29, 1.82) is 5.26 Å². The number of morpholine rings is 1. The van der Waals surface area contributed by atoms with Gasteiger partial charge in [0.2, 0.25) is 0 Å². The van der Waals surface area contributed by atoms with E-state index in [4.69, 9.17) is 4.74 Å². The highest BCUT2D eigenvalue weighted by molar-refractivity contribution is 6.09. The van der Waals surface area contributed by atoms with Crippen molar-refractivity contribution in [2.24, 2.45) is 0 Å². The quantitative estimate of drug-likeness (QED) is 0.269. The maximum Gasteiger partial charge on any atom is 0.269 e. The first kappa shape index (κ1) is 21.8. The van der Waals surface area contributed by atoms with E-state index < -0.39 is 10.8 Å². The lowest BCUT2D eigenvalue weighted by atomic mass is 10.2. The SMILES string of the molecule is N#C/C(=C\c1cccn1-c1ccc([N+](=O)[O-])cc1)C(=O)Nc1ccc(N2CCOCC2)cc1. The van der Waals surface area contributed by atoms with Crippen LogP contribution < -0.4 is 10.2 Å². The maximum atomic E-state index is 12.7. The van der Waals surface area contributed by atoms with Crippen LogP contribution in [0.3, 0.4) is 0 Å². The first-order valence-electron chi connectivity index (χ1n) is 10.3. The van der Waals surface area contributed by atoms with Gasteiger partial charge in [0, 0.05) is 54.2 Å². The van der Waals surface area contributed by atoms with Crippen molar-refractivity contribution in [3.05, 3.63) is 88.2 Å². The molecule has 33 heavy (non-hydrogen) atoms. The Morgan fingerprint density at radius 3 is 2.36 bits per heavy atom. The van der Waals surface area contributed by atoms with Gasteiger partial charge in [-0.1, -0.05) is 0 Å². The molecular formula is C24H21N5O4. The summed E-state index contributed by atoms with van der Waals surface area (Å²) in [6.07, 6.45) is 3.24. The lowest BCUT2D eigenvalue weighted by molar-refractivity contribution is -0.384. The second-order valence-electron chi connectivity index (χ2n) is 7.35.